The van der Waals surface area contributed by atoms with Crippen LogP contribution in [-0.4, -0.2) is 18.1 Å². The molecule has 0 bridgehead atoms. The molecule has 0 aromatic heterocycles. The molecule has 0 aliphatic rings. The van der Waals surface area contributed by atoms with E-state index in [1.54, 1.807) is 6.92 Å². The molecule has 3 nitrogen and oxygen atoms in total. The Labute approximate surface area is 61.5 Å². The Morgan fingerprint density at radius 1 is 1.62 bits per heavy atom. The summed E-state index contributed by atoms with van der Waals surface area (Å²) in [6.45, 7) is 3.65. The Kier molecular flexibility index (Phi) is 19.8. The van der Waals surface area contributed by atoms with Gasteiger partial charge in [-0.05, 0) is 6.92 Å². The maximum Gasteiger partial charge on any atom is 0.302 e. The fourth-order valence-corrected chi connectivity index (χ4v) is 0.203. The van der Waals surface area contributed by atoms with E-state index in [2.05, 4.69) is 4.74 Å². The fraction of sp³-hybridized carbons (Fsp3) is 0.750. The zero-order valence-corrected chi connectivity index (χ0v) is 8.20. The van der Waals surface area contributed by atoms with Crippen LogP contribution in [0.1, 0.15) is 13.8 Å². The zero-order chi connectivity index (χ0) is 4.99. The Hall–Kier alpha value is 0.0534. The van der Waals surface area contributed by atoms with Crippen molar-refractivity contribution in [3.8, 4) is 0 Å². The van der Waals surface area contributed by atoms with Crippen molar-refractivity contribution >= 4 is 5.97 Å². The summed E-state index contributed by atoms with van der Waals surface area (Å²) in [5.41, 5.74) is 0. The Balaban J connectivity index is -0.000000125. The fourth-order valence-electron chi connectivity index (χ4n) is 0.203. The van der Waals surface area contributed by atoms with Gasteiger partial charge in [0.2, 0.25) is 0 Å². The van der Waals surface area contributed by atoms with Crippen molar-refractivity contribution < 1.29 is 34.5 Å². The second-order valence-corrected chi connectivity index (χ2v) is 0.925. The molecule has 0 amide bonds. The van der Waals surface area contributed by atoms with Crippen LogP contribution in [0.15, 0.2) is 0 Å². The topological polar surface area (TPSA) is 57.8 Å². The summed E-state index contributed by atoms with van der Waals surface area (Å²) < 4.78 is 4.40. The van der Waals surface area contributed by atoms with Crippen LogP contribution in [0.2, 0.25) is 0 Å². The molecule has 0 saturated carbocycles. The van der Waals surface area contributed by atoms with Crippen molar-refractivity contribution in [3.63, 3.8) is 0 Å². The van der Waals surface area contributed by atoms with Crippen LogP contribution >= 0.6 is 0 Å². The van der Waals surface area contributed by atoms with E-state index in [0.29, 0.717) is 6.61 Å². The first kappa shape index (κ1) is 15.7. The molecule has 0 spiro atoms. The van der Waals surface area contributed by atoms with Gasteiger partial charge < -0.3 is 10.2 Å². The van der Waals surface area contributed by atoms with Crippen LogP contribution in [0.4, 0.5) is 0 Å². The van der Waals surface area contributed by atoms with Crippen molar-refractivity contribution in [2.75, 3.05) is 6.61 Å². The van der Waals surface area contributed by atoms with E-state index >= 15 is 0 Å². The zero-order valence-electron chi connectivity index (χ0n) is 5.23. The van der Waals surface area contributed by atoms with Gasteiger partial charge in [-0.15, -0.1) is 0 Å². The summed E-state index contributed by atoms with van der Waals surface area (Å²) in [4.78, 5) is 9.82. The normalized spacial score (nSPS) is 5.75. The summed E-state index contributed by atoms with van der Waals surface area (Å²) in [5.74, 6) is -0.211. The van der Waals surface area contributed by atoms with Crippen molar-refractivity contribution in [1.82, 2.24) is 0 Å². The molecule has 0 aliphatic heterocycles. The first-order valence-corrected chi connectivity index (χ1v) is 1.90. The third-order valence-electron chi connectivity index (χ3n) is 0.348. The molecule has 0 aliphatic carbocycles. The number of rotatable bonds is 1. The van der Waals surface area contributed by atoms with Crippen LogP contribution in [0.3, 0.4) is 0 Å². The molecule has 8 heavy (non-hydrogen) atoms. The number of carbonyl (C=O) groups excluding carboxylic acids is 1. The predicted molar refractivity (Wildman–Crippen MR) is 25.9 cm³/mol. The summed E-state index contributed by atoms with van der Waals surface area (Å²) in [6, 6.07) is 0. The smallest absolute Gasteiger partial charge is 0.302 e. The van der Waals surface area contributed by atoms with Crippen LogP contribution in [0.5, 0.6) is 0 Å². The van der Waals surface area contributed by atoms with Gasteiger partial charge in [-0.1, -0.05) is 0 Å². The van der Waals surface area contributed by atoms with Crippen LogP contribution in [0.25, 0.3) is 0 Å². The van der Waals surface area contributed by atoms with Gasteiger partial charge in [0, 0.05) is 26.4 Å². The van der Waals surface area contributed by atoms with E-state index in [1.165, 1.54) is 6.92 Å². The predicted octanol–water partition coefficient (Wildman–Crippen LogP) is -0.258. The summed E-state index contributed by atoms with van der Waals surface area (Å²) in [5, 5.41) is 0. The maximum absolute atomic E-state index is 9.82. The molecule has 0 rings (SSSR count). The molecule has 0 fully saturated rings. The van der Waals surface area contributed by atoms with Gasteiger partial charge in [-0.3, -0.25) is 4.79 Å². The average molecular weight is 172 g/mol. The van der Waals surface area contributed by atoms with Crippen molar-refractivity contribution in [1.29, 1.82) is 0 Å². The number of hydrogen-bond acceptors (Lipinski definition) is 2. The summed E-state index contributed by atoms with van der Waals surface area (Å²) in [7, 11) is 0. The second-order valence-electron chi connectivity index (χ2n) is 0.925. The minimum absolute atomic E-state index is 0. The number of carbonyl (C=O) groups is 1. The molecule has 2 N–H and O–H groups in total. The molecule has 46 valence electrons. The Morgan fingerprint density at radius 3 is 2.00 bits per heavy atom. The molecule has 0 unspecified atom stereocenters. The minimum Gasteiger partial charge on any atom is -0.466 e. The van der Waals surface area contributed by atoms with Gasteiger partial charge in [0.1, 0.15) is 0 Å². The molecule has 4 heteroatoms. The van der Waals surface area contributed by atoms with Crippen LogP contribution in [0, 0.1) is 0 Å². The first-order valence-electron chi connectivity index (χ1n) is 1.90. The van der Waals surface area contributed by atoms with Gasteiger partial charge in [0.25, 0.3) is 0 Å². The standard InChI is InChI=1S/C4H8O2.H2O.Zn/c1-3-6-4(2)5;;/h3H2,1-2H3;1H2;. The summed E-state index contributed by atoms with van der Waals surface area (Å²) in [6.07, 6.45) is 0. The second kappa shape index (κ2) is 10.1. The number of ether oxygens (including phenoxy) is 1. The molecular weight excluding hydrogens is 161 g/mol. The average Bonchev–Trinajstić information content (AvgIpc) is 1.35. The Morgan fingerprint density at radius 2 is 2.00 bits per heavy atom. The minimum atomic E-state index is -0.211. The monoisotopic (exact) mass is 170 g/mol. The molecular formula is C4H10O3Zn. The van der Waals surface area contributed by atoms with Gasteiger partial charge >= 0.3 is 5.97 Å². The molecule has 0 saturated heterocycles. The van der Waals surface area contributed by atoms with Gasteiger partial charge in [-0.25, -0.2) is 0 Å². The maximum atomic E-state index is 9.82. The van der Waals surface area contributed by atoms with Crippen LogP contribution < -0.4 is 0 Å². The number of esters is 1. The van der Waals surface area contributed by atoms with Crippen molar-refractivity contribution in [2.24, 2.45) is 0 Å². The Bertz CT molecular complexity index is 55.2. The van der Waals surface area contributed by atoms with E-state index in [9.17, 15) is 4.79 Å². The molecule has 0 aromatic rings. The van der Waals surface area contributed by atoms with Gasteiger partial charge in [0.05, 0.1) is 6.61 Å². The summed E-state index contributed by atoms with van der Waals surface area (Å²) >= 11 is 0. The third kappa shape index (κ3) is 16.6. The van der Waals surface area contributed by atoms with Crippen molar-refractivity contribution in [2.45, 2.75) is 13.8 Å². The van der Waals surface area contributed by atoms with Gasteiger partial charge in [0.15, 0.2) is 0 Å². The number of hydrogen-bond donors (Lipinski definition) is 0. The van der Waals surface area contributed by atoms with Crippen LogP contribution in [-0.2, 0) is 29.0 Å². The van der Waals surface area contributed by atoms with E-state index in [1.807, 2.05) is 0 Å². The first-order chi connectivity index (χ1) is 2.77. The largest absolute Gasteiger partial charge is 0.466 e. The van der Waals surface area contributed by atoms with E-state index in [0.717, 1.165) is 0 Å². The quantitative estimate of drug-likeness (QED) is 0.403. The van der Waals surface area contributed by atoms with Gasteiger partial charge in [-0.2, -0.15) is 0 Å². The molecule has 0 atom stereocenters. The SMILES string of the molecule is CCOC(C)=O.O.[Zn]. The molecule has 0 heterocycles. The third-order valence-corrected chi connectivity index (χ3v) is 0.348. The van der Waals surface area contributed by atoms with E-state index < -0.39 is 0 Å². The van der Waals surface area contributed by atoms with E-state index in [-0.39, 0.29) is 30.9 Å². The van der Waals surface area contributed by atoms with Crippen molar-refractivity contribution in [3.05, 3.63) is 0 Å². The van der Waals surface area contributed by atoms with E-state index in [4.69, 9.17) is 0 Å². The molecule has 0 radical (unpaired) electrons. The molecule has 0 aromatic carbocycles.